The van der Waals surface area contributed by atoms with Crippen molar-refractivity contribution in [3.8, 4) is 17.2 Å². The smallest absolute Gasteiger partial charge is 0.492 e. The van der Waals surface area contributed by atoms with E-state index in [0.29, 0.717) is 38.0 Å². The average Bonchev–Trinajstić information content (AvgIpc) is 3.28. The van der Waals surface area contributed by atoms with Crippen LogP contribution < -0.4 is 31.3 Å². The summed E-state index contributed by atoms with van der Waals surface area (Å²) in [5.41, 5.74) is -29.1. The summed E-state index contributed by atoms with van der Waals surface area (Å²) >= 11 is 0. The Hall–Kier alpha value is -7.32. The van der Waals surface area contributed by atoms with Crippen molar-refractivity contribution in [3.05, 3.63) is 121 Å². The van der Waals surface area contributed by atoms with Crippen molar-refractivity contribution >= 4 is 47.5 Å². The quantitative estimate of drug-likeness (QED) is 0.0446. The number of hydrogen-bond donors (Lipinski definition) is 0. The Kier molecular flexibility index (Phi) is 18.2. The van der Waals surface area contributed by atoms with E-state index in [1.165, 1.54) is 24.3 Å². The second kappa shape index (κ2) is 22.7. The molecule has 0 aliphatic heterocycles. The number of aromatic nitrogens is 3. The molecule has 0 amide bonds. The predicted octanol–water partition coefficient (Wildman–Crippen LogP) is 5.26. The molecule has 3 aromatic carbocycles. The highest BCUT2D eigenvalue weighted by Crippen LogP contribution is 2.31. The molecule has 0 unspecified atom stereocenters. The van der Waals surface area contributed by atoms with Crippen LogP contribution in [0.2, 0.25) is 0 Å². The molecule has 75 heavy (non-hydrogen) atoms. The van der Waals surface area contributed by atoms with E-state index in [1.54, 1.807) is 0 Å². The van der Waals surface area contributed by atoms with Gasteiger partial charge in [-0.3, -0.25) is 12.9 Å². The fraction of sp³-hybridized carbons (Fsp3) is 0.333. The van der Waals surface area contributed by atoms with Crippen molar-refractivity contribution < 1.29 is 118 Å². The molecule has 0 saturated heterocycles. The van der Waals surface area contributed by atoms with Gasteiger partial charge in [0.2, 0.25) is 0 Å². The zero-order chi connectivity index (χ0) is 56.8. The van der Waals surface area contributed by atoms with Gasteiger partial charge in [0.05, 0.1) is 25.3 Å². The molecule has 0 saturated carbocycles. The number of alkyl halides is 15. The van der Waals surface area contributed by atoms with Gasteiger partial charge in [-0.05, 0) is 85.3 Å². The van der Waals surface area contributed by atoms with E-state index in [2.05, 4.69) is 28.3 Å². The minimum Gasteiger partial charge on any atom is -0.492 e. The lowest BCUT2D eigenvalue weighted by Crippen LogP contribution is -2.55. The second-order valence-electron chi connectivity index (χ2n) is 13.9. The Labute approximate surface area is 407 Å². The number of rotatable bonds is 21. The lowest BCUT2D eigenvalue weighted by atomic mass is 10.1. The van der Waals surface area contributed by atoms with Crippen LogP contribution in [0.1, 0.15) is 23.6 Å². The van der Waals surface area contributed by atoms with Gasteiger partial charge in [-0.25, -0.2) is 28.1 Å². The Morgan fingerprint density at radius 3 is 0.893 bits per heavy atom. The molecular weight excluding hydrogens is 1140 g/mol. The van der Waals surface area contributed by atoms with E-state index in [1.807, 2.05) is 0 Å². The number of oxime groups is 3. The highest BCUT2D eigenvalue weighted by molar-refractivity contribution is 7.88. The summed E-state index contributed by atoms with van der Waals surface area (Å²) in [5.74, 6) is -0.745. The Morgan fingerprint density at radius 2 is 0.653 bits per heavy atom. The summed E-state index contributed by atoms with van der Waals surface area (Å²) < 4.78 is 289. The van der Waals surface area contributed by atoms with E-state index in [0.717, 1.165) is 31.2 Å². The first kappa shape index (κ1) is 60.2. The predicted molar refractivity (Wildman–Crippen MR) is 221 cm³/mol. The van der Waals surface area contributed by atoms with Crippen LogP contribution in [-0.2, 0) is 62.8 Å². The molecule has 0 N–H and O–H groups in total. The summed E-state index contributed by atoms with van der Waals surface area (Å²) in [6.07, 6.45) is -11.2. The van der Waals surface area contributed by atoms with Gasteiger partial charge in [0.25, 0.3) is 0 Å². The molecule has 414 valence electrons. The summed E-state index contributed by atoms with van der Waals surface area (Å²) in [4.78, 5) is 40.7. The molecule has 0 radical (unpaired) electrons. The van der Waals surface area contributed by atoms with E-state index in [9.17, 15) is 105 Å². The highest BCUT2D eigenvalue weighted by Gasteiger charge is 2.51. The van der Waals surface area contributed by atoms with Gasteiger partial charge >= 0.3 is 76.3 Å². The van der Waals surface area contributed by atoms with Crippen LogP contribution in [0, 0.1) is 0 Å². The van der Waals surface area contributed by atoms with Crippen LogP contribution in [0.3, 0.4) is 0 Å². The van der Waals surface area contributed by atoms with E-state index in [4.69, 9.17) is 14.2 Å². The fourth-order valence-electron chi connectivity index (χ4n) is 5.22. The van der Waals surface area contributed by atoms with Gasteiger partial charge in [-0.15, -0.1) is 0 Å². The standard InChI is InChI=1S/C36H27F15N6O15S3/c1-20(52-70-73(61,62)34(43,44)45)21-2-8-24(9-3-21)67-17-14-55-29(58)56(15-18-68-25-10-4-22(5-11-25)27(32(37,38)39)53-71-74(63,64)35(46,47)48)31(60)57(30(55)59)16-19-69-26-12-6-23(7-13-26)28(33(40,41)42)54-72-75(65,66)36(49,50)51/h2-13H,14-19H2,1H3/b52-20-,53-27+,54-28+. The molecule has 1 heterocycles. The van der Waals surface area contributed by atoms with Crippen molar-refractivity contribution in [2.45, 2.75) is 55.4 Å². The molecule has 4 aromatic rings. The van der Waals surface area contributed by atoms with Crippen LogP contribution in [0.15, 0.2) is 103 Å². The first-order valence-electron chi connectivity index (χ1n) is 19.3. The monoisotopic (exact) mass is 1160 g/mol. The highest BCUT2D eigenvalue weighted by atomic mass is 32.2. The maximum atomic E-state index is 13.6. The van der Waals surface area contributed by atoms with Gasteiger partial charge < -0.3 is 14.2 Å². The van der Waals surface area contributed by atoms with Crippen LogP contribution in [-0.4, -0.2) is 105 Å². The zero-order valence-electron chi connectivity index (χ0n) is 36.4. The van der Waals surface area contributed by atoms with Crippen LogP contribution >= 0.6 is 0 Å². The molecule has 21 nitrogen and oxygen atoms in total. The Balaban J connectivity index is 1.59. The van der Waals surface area contributed by atoms with E-state index >= 15 is 0 Å². The van der Waals surface area contributed by atoms with Gasteiger partial charge in [0.1, 0.15) is 37.1 Å². The van der Waals surface area contributed by atoms with Gasteiger partial charge in [-0.2, -0.15) is 91.1 Å². The van der Waals surface area contributed by atoms with E-state index < -0.39 is 138 Å². The Morgan fingerprint density at radius 1 is 0.413 bits per heavy atom. The largest absolute Gasteiger partial charge is 0.536 e. The summed E-state index contributed by atoms with van der Waals surface area (Å²) in [6, 6.07) is 9.90. The second-order valence-corrected chi connectivity index (χ2v) is 18.5. The third kappa shape index (κ3) is 15.6. The van der Waals surface area contributed by atoms with Crippen molar-refractivity contribution in [1.29, 1.82) is 0 Å². The molecule has 0 fully saturated rings. The Bertz CT molecular complexity index is 3150. The molecule has 0 spiro atoms. The topological polar surface area (TPSA) is 261 Å². The number of ether oxygens (including phenoxy) is 3. The van der Waals surface area contributed by atoms with Crippen molar-refractivity contribution in [2.24, 2.45) is 15.5 Å². The number of halogens is 15. The fourth-order valence-corrected chi connectivity index (χ4v) is 6.03. The molecular formula is C36H27F15N6O15S3. The lowest BCUT2D eigenvalue weighted by Gasteiger charge is -2.16. The summed E-state index contributed by atoms with van der Waals surface area (Å²) in [7, 11) is -19.3. The van der Waals surface area contributed by atoms with E-state index in [-0.39, 0.29) is 28.5 Å². The van der Waals surface area contributed by atoms with Crippen LogP contribution in [0.5, 0.6) is 17.2 Å². The summed E-state index contributed by atoms with van der Waals surface area (Å²) in [5, 5.41) is 7.11. The first-order chi connectivity index (χ1) is 34.3. The molecule has 0 atom stereocenters. The maximum Gasteiger partial charge on any atom is 0.536 e. The SMILES string of the molecule is C/C(=N/OS(=O)(=O)C(F)(F)F)c1ccc(OCCn2c(=O)n(CCOc3ccc(/C(=N\OS(=O)(=O)C(F)(F)F)C(F)(F)F)cc3)c(=O)n(CCOc3ccc(/C(=N\OS(=O)(=O)C(F)(F)F)C(F)(F)F)cc3)c2=O)cc1. The minimum atomic E-state index is -6.62. The molecule has 0 bridgehead atoms. The lowest BCUT2D eigenvalue weighted by molar-refractivity contribution is -0.0636. The summed E-state index contributed by atoms with van der Waals surface area (Å²) in [6.45, 7) is -3.21. The molecule has 1 aromatic heterocycles. The number of nitrogens with zero attached hydrogens (tertiary/aromatic N) is 6. The number of hydrogen-bond acceptors (Lipinski definition) is 18. The number of benzene rings is 3. The van der Waals surface area contributed by atoms with Crippen molar-refractivity contribution in [2.75, 3.05) is 19.8 Å². The van der Waals surface area contributed by atoms with Gasteiger partial charge in [0.15, 0.2) is 11.4 Å². The molecule has 39 heteroatoms. The van der Waals surface area contributed by atoms with Crippen LogP contribution in [0.4, 0.5) is 65.9 Å². The van der Waals surface area contributed by atoms with Crippen molar-refractivity contribution in [1.82, 2.24) is 13.7 Å². The minimum absolute atomic E-state index is 0.0150. The molecule has 4 rings (SSSR count). The molecule has 0 aliphatic carbocycles. The normalized spacial score (nSPS) is 13.8. The maximum absolute atomic E-state index is 13.6. The van der Waals surface area contributed by atoms with Gasteiger partial charge in [0, 0.05) is 11.1 Å². The van der Waals surface area contributed by atoms with Crippen LogP contribution in [0.25, 0.3) is 0 Å². The molecule has 0 aliphatic rings. The zero-order valence-corrected chi connectivity index (χ0v) is 38.8. The van der Waals surface area contributed by atoms with Gasteiger partial charge in [-0.1, -0.05) is 15.5 Å². The third-order valence-corrected chi connectivity index (χ3v) is 11.3. The van der Waals surface area contributed by atoms with Crippen molar-refractivity contribution in [3.63, 3.8) is 0 Å². The average molecular weight is 1160 g/mol. The first-order valence-corrected chi connectivity index (χ1v) is 23.5. The third-order valence-electron chi connectivity index (χ3n) is 8.78.